The van der Waals surface area contributed by atoms with Crippen molar-refractivity contribution >= 4 is 49.4 Å². The van der Waals surface area contributed by atoms with E-state index < -0.39 is 27.8 Å². The maximum Gasteiger partial charge on any atom is 0.150 e. The molecule has 0 unspecified atom stereocenters. The molecule has 3 aromatic rings. The lowest BCUT2D eigenvalue weighted by Gasteiger charge is -2.19. The number of aliphatic hydroxyl groups excluding tert-OH is 1. The Bertz CT molecular complexity index is 1260. The van der Waals surface area contributed by atoms with E-state index >= 15 is 0 Å². The largest absolute Gasteiger partial charge is 0.483 e. The fourth-order valence-corrected chi connectivity index (χ4v) is 4.06. The minimum Gasteiger partial charge on any atom is -0.483 e. The Morgan fingerprint density at radius 2 is 2.10 bits per heavy atom. The second kappa shape index (κ2) is 8.54. The molecule has 1 fully saturated rings. The van der Waals surface area contributed by atoms with Crippen molar-refractivity contribution < 1.29 is 23.2 Å². The quantitative estimate of drug-likeness (QED) is 0.591. The van der Waals surface area contributed by atoms with Gasteiger partial charge in [0.15, 0.2) is 6.10 Å². The van der Waals surface area contributed by atoms with E-state index in [-0.39, 0.29) is 19.0 Å². The van der Waals surface area contributed by atoms with Crippen LogP contribution in [0.1, 0.15) is 0 Å². The molecule has 1 aliphatic rings. The second-order valence-electron chi connectivity index (χ2n) is 7.34. The van der Waals surface area contributed by atoms with E-state index in [2.05, 4.69) is 19.6 Å². The van der Waals surface area contributed by atoms with Gasteiger partial charge in [0.1, 0.15) is 29.8 Å². The lowest BCUT2D eigenvalue weighted by Crippen LogP contribution is -2.30. The number of nitrogens with one attached hydrogen (secondary N) is 1. The highest BCUT2D eigenvalue weighted by atomic mass is 35.5. The van der Waals surface area contributed by atoms with E-state index in [1.165, 1.54) is 37.0 Å². The minimum absolute atomic E-state index is 0.157. The SMILES string of the molecule is CS(C)(=O)=Nc1cc(Cl)c2c(Nc3ccc(F)cc3O[C@H]3COC[C@H]3O)ncnc2c1. The van der Waals surface area contributed by atoms with Gasteiger partial charge in [0.2, 0.25) is 0 Å². The van der Waals surface area contributed by atoms with Gasteiger partial charge < -0.3 is 19.9 Å². The van der Waals surface area contributed by atoms with Crippen molar-refractivity contribution in [3.8, 4) is 5.75 Å². The normalized spacial score (nSPS) is 18.9. The van der Waals surface area contributed by atoms with Crippen molar-refractivity contribution in [1.29, 1.82) is 0 Å². The fourth-order valence-electron chi connectivity index (χ4n) is 3.15. The summed E-state index contributed by atoms with van der Waals surface area (Å²) in [4.78, 5) is 8.50. The number of rotatable bonds is 5. The number of benzene rings is 2. The zero-order chi connectivity index (χ0) is 22.2. The molecule has 1 aromatic heterocycles. The highest BCUT2D eigenvalue weighted by Gasteiger charge is 2.29. The number of ether oxygens (including phenoxy) is 2. The van der Waals surface area contributed by atoms with Crippen LogP contribution in [0.2, 0.25) is 5.02 Å². The lowest BCUT2D eigenvalue weighted by molar-refractivity contribution is 0.0736. The molecule has 31 heavy (non-hydrogen) atoms. The number of halogens is 2. The summed E-state index contributed by atoms with van der Waals surface area (Å²) < 4.78 is 41.0. The molecule has 0 aliphatic carbocycles. The highest BCUT2D eigenvalue weighted by molar-refractivity contribution is 7.92. The molecule has 0 radical (unpaired) electrons. The average molecular weight is 467 g/mol. The molecule has 1 saturated heterocycles. The van der Waals surface area contributed by atoms with Crippen molar-refractivity contribution in [2.75, 3.05) is 31.0 Å². The smallest absolute Gasteiger partial charge is 0.150 e. The molecule has 164 valence electrons. The van der Waals surface area contributed by atoms with E-state index in [4.69, 9.17) is 21.1 Å². The number of hydrogen-bond donors (Lipinski definition) is 2. The molecule has 0 spiro atoms. The van der Waals surface area contributed by atoms with Crippen LogP contribution in [0.15, 0.2) is 41.0 Å². The van der Waals surface area contributed by atoms with Crippen LogP contribution in [0.5, 0.6) is 5.75 Å². The topological polar surface area (TPSA) is 106 Å². The van der Waals surface area contributed by atoms with Gasteiger partial charge in [-0.1, -0.05) is 11.6 Å². The third-order valence-electron chi connectivity index (χ3n) is 4.47. The third-order valence-corrected chi connectivity index (χ3v) is 5.42. The van der Waals surface area contributed by atoms with Gasteiger partial charge in [-0.05, 0) is 24.3 Å². The van der Waals surface area contributed by atoms with Gasteiger partial charge in [-0.15, -0.1) is 0 Å². The molecule has 1 aliphatic heterocycles. The number of hydrogen-bond acceptors (Lipinski definition) is 8. The lowest BCUT2D eigenvalue weighted by atomic mass is 10.2. The monoisotopic (exact) mass is 466 g/mol. The van der Waals surface area contributed by atoms with E-state index in [0.29, 0.717) is 33.1 Å². The van der Waals surface area contributed by atoms with Gasteiger partial charge in [0, 0.05) is 28.3 Å². The predicted molar refractivity (Wildman–Crippen MR) is 118 cm³/mol. The summed E-state index contributed by atoms with van der Waals surface area (Å²) in [7, 11) is -2.37. The van der Waals surface area contributed by atoms with Crippen molar-refractivity contribution in [3.63, 3.8) is 0 Å². The van der Waals surface area contributed by atoms with Crippen LogP contribution in [-0.4, -0.2) is 57.2 Å². The van der Waals surface area contributed by atoms with Crippen molar-refractivity contribution in [1.82, 2.24) is 9.97 Å². The van der Waals surface area contributed by atoms with Crippen LogP contribution in [0, 0.1) is 5.82 Å². The van der Waals surface area contributed by atoms with Crippen molar-refractivity contribution in [2.45, 2.75) is 12.2 Å². The molecule has 0 bridgehead atoms. The molecule has 8 nitrogen and oxygen atoms in total. The molecule has 11 heteroatoms. The van der Waals surface area contributed by atoms with Gasteiger partial charge in [0.25, 0.3) is 0 Å². The van der Waals surface area contributed by atoms with Gasteiger partial charge in [0.05, 0.1) is 40.5 Å². The summed E-state index contributed by atoms with van der Waals surface area (Å²) in [5.41, 5.74) is 1.37. The van der Waals surface area contributed by atoms with E-state index in [1.807, 2.05) is 0 Å². The first-order valence-electron chi connectivity index (χ1n) is 9.30. The standard InChI is InChI=1S/C20H20ClFN4O4S/c1-31(2,28)26-12-6-13(21)19-15(7-12)23-10-24-20(19)25-14-4-3-11(22)5-17(14)30-18-9-29-8-16(18)27/h3-7,10,16,18,27H,8-9H2,1-2H3,(H,23,24,25)/t16-,18+/m1/s1. The second-order valence-corrected chi connectivity index (χ2v) is 10.3. The van der Waals surface area contributed by atoms with Crippen LogP contribution in [0.25, 0.3) is 10.9 Å². The summed E-state index contributed by atoms with van der Waals surface area (Å²) in [6, 6.07) is 7.24. The van der Waals surface area contributed by atoms with Crippen LogP contribution in [0.3, 0.4) is 0 Å². The summed E-state index contributed by atoms with van der Waals surface area (Å²) in [5.74, 6) is 0.0734. The zero-order valence-electron chi connectivity index (χ0n) is 16.7. The Kier molecular flexibility index (Phi) is 5.98. The maximum atomic E-state index is 13.9. The molecule has 2 atom stereocenters. The Balaban J connectivity index is 1.73. The Hall–Kier alpha value is -2.53. The van der Waals surface area contributed by atoms with Crippen molar-refractivity contribution in [3.05, 3.63) is 47.5 Å². The van der Waals surface area contributed by atoms with E-state index in [0.717, 1.165) is 0 Å². The predicted octanol–water partition coefficient (Wildman–Crippen LogP) is 3.66. The molecule has 4 rings (SSSR count). The highest BCUT2D eigenvalue weighted by Crippen LogP contribution is 2.36. The molecular formula is C20H20ClFN4O4S. The van der Waals surface area contributed by atoms with Gasteiger partial charge in [-0.3, -0.25) is 0 Å². The van der Waals surface area contributed by atoms with E-state index in [1.54, 1.807) is 12.1 Å². The number of anilines is 2. The minimum atomic E-state index is -2.37. The Morgan fingerprint density at radius 1 is 1.29 bits per heavy atom. The molecule has 0 saturated carbocycles. The van der Waals surface area contributed by atoms with Crippen LogP contribution < -0.4 is 10.1 Å². The number of aromatic nitrogens is 2. The van der Waals surface area contributed by atoms with Gasteiger partial charge >= 0.3 is 0 Å². The summed E-state index contributed by atoms with van der Waals surface area (Å²) in [6.45, 7) is 0.355. The first kappa shape index (κ1) is 21.7. The Labute approximate surface area is 183 Å². The first-order valence-corrected chi connectivity index (χ1v) is 12.0. The first-order chi connectivity index (χ1) is 14.7. The molecular weight excluding hydrogens is 447 g/mol. The van der Waals surface area contributed by atoms with Crippen LogP contribution in [-0.2, 0) is 14.5 Å². The Morgan fingerprint density at radius 3 is 2.81 bits per heavy atom. The molecule has 2 N–H and O–H groups in total. The van der Waals surface area contributed by atoms with Gasteiger partial charge in [-0.2, -0.15) is 4.36 Å². The summed E-state index contributed by atoms with van der Waals surface area (Å²) in [6.07, 6.45) is 2.98. The molecule has 0 amide bonds. The zero-order valence-corrected chi connectivity index (χ0v) is 18.3. The average Bonchev–Trinajstić information content (AvgIpc) is 3.07. The van der Waals surface area contributed by atoms with Gasteiger partial charge in [-0.25, -0.2) is 18.6 Å². The summed E-state index contributed by atoms with van der Waals surface area (Å²) >= 11 is 6.47. The van der Waals surface area contributed by atoms with Crippen LogP contribution in [0.4, 0.5) is 21.6 Å². The number of nitrogens with zero attached hydrogens (tertiary/aromatic N) is 3. The molecule has 2 aromatic carbocycles. The maximum absolute atomic E-state index is 13.9. The third kappa shape index (κ3) is 5.04. The molecule has 2 heterocycles. The fraction of sp³-hybridized carbons (Fsp3) is 0.300. The van der Waals surface area contributed by atoms with Crippen LogP contribution >= 0.6 is 11.6 Å². The summed E-state index contributed by atoms with van der Waals surface area (Å²) in [5, 5.41) is 13.9. The van der Waals surface area contributed by atoms with E-state index in [9.17, 15) is 13.7 Å². The number of fused-ring (bicyclic) bond motifs is 1. The van der Waals surface area contributed by atoms with Crippen molar-refractivity contribution in [2.24, 2.45) is 4.36 Å². The number of aliphatic hydroxyl groups is 1.